The molecule has 1 aromatic heterocycles. The van der Waals surface area contributed by atoms with Crippen LogP contribution in [0.25, 0.3) is 16.7 Å². The molecule has 4 aromatic rings. The zero-order chi connectivity index (χ0) is 19.6. The van der Waals surface area contributed by atoms with Gasteiger partial charge in [0.25, 0.3) is 0 Å². The van der Waals surface area contributed by atoms with Crippen molar-refractivity contribution in [3.05, 3.63) is 84.7 Å². The number of aromatic nitrogens is 2. The van der Waals surface area contributed by atoms with Crippen LogP contribution >= 0.6 is 11.8 Å². The number of benzene rings is 3. The van der Waals surface area contributed by atoms with Crippen molar-refractivity contribution in [3.63, 3.8) is 0 Å². The van der Waals surface area contributed by atoms with Gasteiger partial charge in [-0.15, -0.1) is 0 Å². The van der Waals surface area contributed by atoms with E-state index in [4.69, 9.17) is 4.74 Å². The summed E-state index contributed by atoms with van der Waals surface area (Å²) in [6, 6.07) is 21.7. The maximum absolute atomic E-state index is 12.4. The predicted molar refractivity (Wildman–Crippen MR) is 104 cm³/mol. The summed E-state index contributed by atoms with van der Waals surface area (Å²) in [5.74, 6) is 0.682. The van der Waals surface area contributed by atoms with Crippen LogP contribution in [-0.4, -0.2) is 15.1 Å². The molecule has 0 fully saturated rings. The van der Waals surface area contributed by atoms with Gasteiger partial charge in [0, 0.05) is 10.6 Å². The Bertz CT molecular complexity index is 1070. The first-order valence-electron chi connectivity index (χ1n) is 8.48. The molecule has 4 rings (SSSR count). The molecule has 0 radical (unpaired) electrons. The van der Waals surface area contributed by atoms with Crippen LogP contribution in [0, 0.1) is 0 Å². The van der Waals surface area contributed by atoms with Crippen molar-refractivity contribution < 1.29 is 17.9 Å². The van der Waals surface area contributed by atoms with E-state index in [1.807, 2.05) is 53.1 Å². The Balaban J connectivity index is 1.41. The van der Waals surface area contributed by atoms with E-state index in [0.29, 0.717) is 5.75 Å². The minimum atomic E-state index is -4.28. The standard InChI is InChI=1S/C21H15F3N2OS/c22-21(23,24)28-18-11-5-15(6-12-18)13-27-17-9-7-16(8-10-17)26-14-25-19-3-1-2-4-20(19)26/h1-12,14H,13H2. The van der Waals surface area contributed by atoms with E-state index >= 15 is 0 Å². The summed E-state index contributed by atoms with van der Waals surface area (Å²) in [7, 11) is 0. The van der Waals surface area contributed by atoms with Crippen LogP contribution in [0.4, 0.5) is 13.2 Å². The van der Waals surface area contributed by atoms with Gasteiger partial charge >= 0.3 is 5.51 Å². The molecular formula is C21H15F3N2OS. The van der Waals surface area contributed by atoms with Gasteiger partial charge in [0.2, 0.25) is 0 Å². The van der Waals surface area contributed by atoms with Gasteiger partial charge in [-0.05, 0) is 65.9 Å². The second-order valence-electron chi connectivity index (χ2n) is 6.08. The molecule has 142 valence electrons. The van der Waals surface area contributed by atoms with Crippen molar-refractivity contribution in [2.24, 2.45) is 0 Å². The smallest absolute Gasteiger partial charge is 0.446 e. The highest BCUT2D eigenvalue weighted by Crippen LogP contribution is 2.36. The maximum Gasteiger partial charge on any atom is 0.446 e. The van der Waals surface area contributed by atoms with Crippen molar-refractivity contribution in [2.45, 2.75) is 17.0 Å². The normalized spacial score (nSPS) is 11.7. The Morgan fingerprint density at radius 1 is 0.893 bits per heavy atom. The molecular weight excluding hydrogens is 385 g/mol. The minimum absolute atomic E-state index is 0.123. The Labute approximate surface area is 163 Å². The fourth-order valence-corrected chi connectivity index (χ4v) is 3.36. The number of alkyl halides is 3. The van der Waals surface area contributed by atoms with E-state index in [2.05, 4.69) is 4.98 Å². The molecule has 1 heterocycles. The van der Waals surface area contributed by atoms with Crippen molar-refractivity contribution in [1.82, 2.24) is 9.55 Å². The van der Waals surface area contributed by atoms with Gasteiger partial charge < -0.3 is 4.74 Å². The average molecular weight is 400 g/mol. The number of fused-ring (bicyclic) bond motifs is 1. The highest BCUT2D eigenvalue weighted by molar-refractivity contribution is 8.00. The largest absolute Gasteiger partial charge is 0.489 e. The number of rotatable bonds is 5. The summed E-state index contributed by atoms with van der Waals surface area (Å²) < 4.78 is 44.8. The van der Waals surface area contributed by atoms with Crippen LogP contribution in [0.1, 0.15) is 5.56 Å². The van der Waals surface area contributed by atoms with E-state index in [0.717, 1.165) is 22.3 Å². The first kappa shape index (κ1) is 18.4. The summed E-state index contributed by atoms with van der Waals surface area (Å²) in [5, 5.41) is 0. The van der Waals surface area contributed by atoms with Crippen molar-refractivity contribution >= 4 is 22.8 Å². The van der Waals surface area contributed by atoms with Gasteiger partial charge in [-0.25, -0.2) is 4.98 Å². The Morgan fingerprint density at radius 3 is 2.32 bits per heavy atom. The van der Waals surface area contributed by atoms with Crippen LogP contribution < -0.4 is 4.74 Å². The molecule has 3 aromatic carbocycles. The lowest BCUT2D eigenvalue weighted by Gasteiger charge is -2.09. The summed E-state index contributed by atoms with van der Waals surface area (Å²) in [4.78, 5) is 4.54. The third kappa shape index (κ3) is 4.31. The number of imidazole rings is 1. The number of para-hydroxylation sites is 2. The van der Waals surface area contributed by atoms with Gasteiger partial charge in [-0.3, -0.25) is 4.57 Å². The first-order chi connectivity index (χ1) is 13.5. The van der Waals surface area contributed by atoms with Crippen molar-refractivity contribution in [2.75, 3.05) is 0 Å². The van der Waals surface area contributed by atoms with Crippen LogP contribution in [0.3, 0.4) is 0 Å². The van der Waals surface area contributed by atoms with E-state index < -0.39 is 5.51 Å². The summed E-state index contributed by atoms with van der Waals surface area (Å²) in [5.41, 5.74) is -0.561. The van der Waals surface area contributed by atoms with E-state index in [1.54, 1.807) is 18.5 Å². The monoisotopic (exact) mass is 400 g/mol. The lowest BCUT2D eigenvalue weighted by atomic mass is 10.2. The third-order valence-corrected chi connectivity index (χ3v) is 4.87. The molecule has 0 aliphatic rings. The predicted octanol–water partition coefficient (Wildman–Crippen LogP) is 6.22. The number of nitrogens with zero attached hydrogens (tertiary/aromatic N) is 2. The second-order valence-corrected chi connectivity index (χ2v) is 7.22. The van der Waals surface area contributed by atoms with Gasteiger partial charge in [0.15, 0.2) is 0 Å². The molecule has 0 amide bonds. The molecule has 0 bridgehead atoms. The zero-order valence-corrected chi connectivity index (χ0v) is 15.4. The molecule has 0 N–H and O–H groups in total. The molecule has 7 heteroatoms. The molecule has 0 atom stereocenters. The number of hydrogen-bond acceptors (Lipinski definition) is 3. The number of halogens is 3. The number of ether oxygens (including phenoxy) is 1. The molecule has 0 saturated carbocycles. The Hall–Kier alpha value is -2.93. The topological polar surface area (TPSA) is 27.1 Å². The Kier molecular flexibility index (Phi) is 5.00. The highest BCUT2D eigenvalue weighted by Gasteiger charge is 2.28. The quantitative estimate of drug-likeness (QED) is 0.372. The molecule has 28 heavy (non-hydrogen) atoms. The fourth-order valence-electron chi connectivity index (χ4n) is 2.82. The zero-order valence-electron chi connectivity index (χ0n) is 14.6. The first-order valence-corrected chi connectivity index (χ1v) is 9.30. The molecule has 0 aliphatic heterocycles. The molecule has 0 aliphatic carbocycles. The van der Waals surface area contributed by atoms with Crippen molar-refractivity contribution in [3.8, 4) is 11.4 Å². The molecule has 3 nitrogen and oxygen atoms in total. The van der Waals surface area contributed by atoms with Gasteiger partial charge in [0.05, 0.1) is 11.0 Å². The fraction of sp³-hybridized carbons (Fsp3) is 0.0952. The van der Waals surface area contributed by atoms with Crippen LogP contribution in [0.5, 0.6) is 5.75 Å². The van der Waals surface area contributed by atoms with Crippen molar-refractivity contribution in [1.29, 1.82) is 0 Å². The third-order valence-electron chi connectivity index (χ3n) is 4.13. The summed E-state index contributed by atoms with van der Waals surface area (Å²) >= 11 is -0.123. The van der Waals surface area contributed by atoms with Crippen LogP contribution in [0.15, 0.2) is 84.0 Å². The molecule has 0 unspecified atom stereocenters. The van der Waals surface area contributed by atoms with E-state index in [-0.39, 0.29) is 23.3 Å². The summed E-state index contributed by atoms with van der Waals surface area (Å²) in [6.45, 7) is 0.282. The Morgan fingerprint density at radius 2 is 1.61 bits per heavy atom. The van der Waals surface area contributed by atoms with Gasteiger partial charge in [-0.1, -0.05) is 24.3 Å². The second kappa shape index (κ2) is 7.59. The van der Waals surface area contributed by atoms with Crippen LogP contribution in [-0.2, 0) is 6.61 Å². The molecule has 0 saturated heterocycles. The number of thioether (sulfide) groups is 1. The SMILES string of the molecule is FC(F)(F)Sc1ccc(COc2ccc(-n3cnc4ccccc43)cc2)cc1. The molecule has 0 spiro atoms. The van der Waals surface area contributed by atoms with E-state index in [9.17, 15) is 13.2 Å². The maximum atomic E-state index is 12.4. The summed E-state index contributed by atoms with van der Waals surface area (Å²) in [6.07, 6.45) is 1.78. The lowest BCUT2D eigenvalue weighted by molar-refractivity contribution is -0.0328. The lowest BCUT2D eigenvalue weighted by Crippen LogP contribution is -1.99. The highest BCUT2D eigenvalue weighted by atomic mass is 32.2. The van der Waals surface area contributed by atoms with E-state index in [1.165, 1.54) is 12.1 Å². The minimum Gasteiger partial charge on any atom is -0.489 e. The number of hydrogen-bond donors (Lipinski definition) is 0. The van der Waals surface area contributed by atoms with Crippen LogP contribution in [0.2, 0.25) is 0 Å². The average Bonchev–Trinajstić information content (AvgIpc) is 3.11. The van der Waals surface area contributed by atoms with Gasteiger partial charge in [-0.2, -0.15) is 13.2 Å². The van der Waals surface area contributed by atoms with Gasteiger partial charge in [0.1, 0.15) is 18.7 Å².